The highest BCUT2D eigenvalue weighted by molar-refractivity contribution is 5.23. The van der Waals surface area contributed by atoms with Gasteiger partial charge in [0.15, 0.2) is 0 Å². The minimum absolute atomic E-state index is 0.841. The Hall–Kier alpha value is -1.28. The standard InChI is InChI=1S/C14H19NO/c1-13(12-15-10-6-3-7-11-15)16-14-8-4-2-5-9-14/h2,4-5,8-9H,1,3,6-7,10-12H2. The van der Waals surface area contributed by atoms with Crippen LogP contribution in [0, 0.1) is 0 Å². The Morgan fingerprint density at radius 3 is 2.50 bits per heavy atom. The third kappa shape index (κ3) is 3.38. The molecule has 0 saturated carbocycles. The maximum atomic E-state index is 5.68. The lowest BCUT2D eigenvalue weighted by Crippen LogP contribution is -2.32. The van der Waals surface area contributed by atoms with Gasteiger partial charge in [0.1, 0.15) is 11.5 Å². The first-order valence-corrected chi connectivity index (χ1v) is 5.97. The van der Waals surface area contributed by atoms with Crippen molar-refractivity contribution in [3.63, 3.8) is 0 Å². The van der Waals surface area contributed by atoms with E-state index in [1.54, 1.807) is 0 Å². The second-order valence-corrected chi connectivity index (χ2v) is 4.29. The third-order valence-corrected chi connectivity index (χ3v) is 2.85. The molecule has 2 nitrogen and oxygen atoms in total. The summed E-state index contributed by atoms with van der Waals surface area (Å²) in [5.74, 6) is 1.72. The number of hydrogen-bond acceptors (Lipinski definition) is 2. The molecule has 0 bridgehead atoms. The fourth-order valence-electron chi connectivity index (χ4n) is 2.05. The first-order chi connectivity index (χ1) is 7.84. The molecule has 0 spiro atoms. The molecule has 1 heterocycles. The number of likely N-dealkylation sites (tertiary alicyclic amines) is 1. The van der Waals surface area contributed by atoms with E-state index in [2.05, 4.69) is 11.5 Å². The van der Waals surface area contributed by atoms with Crippen molar-refractivity contribution in [1.82, 2.24) is 4.90 Å². The molecule has 1 aliphatic heterocycles. The third-order valence-electron chi connectivity index (χ3n) is 2.85. The minimum atomic E-state index is 0.841. The van der Waals surface area contributed by atoms with Crippen molar-refractivity contribution < 1.29 is 4.74 Å². The van der Waals surface area contributed by atoms with Gasteiger partial charge in [0.25, 0.3) is 0 Å². The summed E-state index contributed by atoms with van der Waals surface area (Å²) >= 11 is 0. The zero-order chi connectivity index (χ0) is 11.2. The molecular weight excluding hydrogens is 198 g/mol. The molecule has 0 amide bonds. The summed E-state index contributed by atoms with van der Waals surface area (Å²) in [5, 5.41) is 0. The number of piperidine rings is 1. The van der Waals surface area contributed by atoms with Crippen LogP contribution in [0.15, 0.2) is 42.7 Å². The van der Waals surface area contributed by atoms with Crippen LogP contribution < -0.4 is 4.74 Å². The molecule has 0 aromatic heterocycles. The second kappa shape index (κ2) is 5.71. The zero-order valence-corrected chi connectivity index (χ0v) is 9.69. The summed E-state index contributed by atoms with van der Waals surface area (Å²) in [5.41, 5.74) is 0. The fraction of sp³-hybridized carbons (Fsp3) is 0.429. The minimum Gasteiger partial charge on any atom is -0.461 e. The molecule has 0 atom stereocenters. The van der Waals surface area contributed by atoms with E-state index in [0.29, 0.717) is 0 Å². The van der Waals surface area contributed by atoms with Gasteiger partial charge in [-0.2, -0.15) is 0 Å². The Bertz CT molecular complexity index is 328. The number of hydrogen-bond donors (Lipinski definition) is 0. The number of para-hydroxylation sites is 1. The van der Waals surface area contributed by atoms with E-state index in [-0.39, 0.29) is 0 Å². The SMILES string of the molecule is C=C(CN1CCCCC1)Oc1ccccc1. The van der Waals surface area contributed by atoms with Crippen LogP contribution in [0.4, 0.5) is 0 Å². The molecule has 1 aromatic rings. The second-order valence-electron chi connectivity index (χ2n) is 4.29. The van der Waals surface area contributed by atoms with Crippen LogP contribution in [0.5, 0.6) is 5.75 Å². The molecule has 1 aromatic carbocycles. The predicted octanol–water partition coefficient (Wildman–Crippen LogP) is 3.07. The number of nitrogens with zero attached hydrogens (tertiary/aromatic N) is 1. The molecule has 16 heavy (non-hydrogen) atoms. The van der Waals surface area contributed by atoms with Crippen molar-refractivity contribution in [1.29, 1.82) is 0 Å². The molecular formula is C14H19NO. The van der Waals surface area contributed by atoms with Gasteiger partial charge in [-0.25, -0.2) is 0 Å². The Morgan fingerprint density at radius 2 is 1.81 bits per heavy atom. The first kappa shape index (κ1) is 11.2. The molecule has 0 aliphatic carbocycles. The highest BCUT2D eigenvalue weighted by Gasteiger charge is 2.11. The summed E-state index contributed by atoms with van der Waals surface area (Å²) in [6, 6.07) is 9.86. The Balaban J connectivity index is 1.80. The number of rotatable bonds is 4. The van der Waals surface area contributed by atoms with Crippen LogP contribution in [-0.2, 0) is 0 Å². The normalized spacial score (nSPS) is 17.0. The lowest BCUT2D eigenvalue weighted by Gasteiger charge is -2.26. The highest BCUT2D eigenvalue weighted by Crippen LogP contribution is 2.14. The smallest absolute Gasteiger partial charge is 0.126 e. The zero-order valence-electron chi connectivity index (χ0n) is 9.69. The van der Waals surface area contributed by atoms with Crippen LogP contribution in [0.3, 0.4) is 0 Å². The van der Waals surface area contributed by atoms with Crippen molar-refractivity contribution in [2.24, 2.45) is 0 Å². The summed E-state index contributed by atoms with van der Waals surface area (Å²) in [6.45, 7) is 7.19. The van der Waals surface area contributed by atoms with E-state index in [9.17, 15) is 0 Å². The van der Waals surface area contributed by atoms with Gasteiger partial charge >= 0.3 is 0 Å². The molecule has 2 heteroatoms. The van der Waals surface area contributed by atoms with Gasteiger partial charge in [0.05, 0.1) is 6.54 Å². The first-order valence-electron chi connectivity index (χ1n) is 5.97. The van der Waals surface area contributed by atoms with Crippen LogP contribution in [0.1, 0.15) is 19.3 Å². The van der Waals surface area contributed by atoms with Gasteiger partial charge in [-0.15, -0.1) is 0 Å². The lowest BCUT2D eigenvalue weighted by atomic mass is 10.1. The average Bonchev–Trinajstić information content (AvgIpc) is 2.31. The predicted molar refractivity (Wildman–Crippen MR) is 66.5 cm³/mol. The van der Waals surface area contributed by atoms with Gasteiger partial charge < -0.3 is 4.74 Å². The topological polar surface area (TPSA) is 12.5 Å². The monoisotopic (exact) mass is 217 g/mol. The van der Waals surface area contributed by atoms with Crippen LogP contribution in [0.25, 0.3) is 0 Å². The van der Waals surface area contributed by atoms with Gasteiger partial charge in [0, 0.05) is 0 Å². The van der Waals surface area contributed by atoms with Crippen molar-refractivity contribution in [3.8, 4) is 5.75 Å². The highest BCUT2D eigenvalue weighted by atomic mass is 16.5. The molecule has 86 valence electrons. The maximum absolute atomic E-state index is 5.68. The number of ether oxygens (including phenoxy) is 1. The summed E-state index contributed by atoms with van der Waals surface area (Å²) in [4.78, 5) is 2.41. The van der Waals surface area contributed by atoms with E-state index in [0.717, 1.165) is 18.1 Å². The van der Waals surface area contributed by atoms with E-state index in [1.165, 1.54) is 32.4 Å². The van der Waals surface area contributed by atoms with Gasteiger partial charge in [0.2, 0.25) is 0 Å². The molecule has 2 rings (SSSR count). The van der Waals surface area contributed by atoms with Crippen molar-refractivity contribution >= 4 is 0 Å². The Morgan fingerprint density at radius 1 is 1.12 bits per heavy atom. The van der Waals surface area contributed by atoms with E-state index in [4.69, 9.17) is 4.74 Å². The molecule has 1 aliphatic rings. The van der Waals surface area contributed by atoms with Crippen molar-refractivity contribution in [3.05, 3.63) is 42.7 Å². The van der Waals surface area contributed by atoms with E-state index >= 15 is 0 Å². The lowest BCUT2D eigenvalue weighted by molar-refractivity contribution is 0.220. The van der Waals surface area contributed by atoms with Gasteiger partial charge in [-0.1, -0.05) is 31.2 Å². The molecule has 1 fully saturated rings. The fourth-order valence-corrected chi connectivity index (χ4v) is 2.05. The number of benzene rings is 1. The average molecular weight is 217 g/mol. The molecule has 0 N–H and O–H groups in total. The quantitative estimate of drug-likeness (QED) is 0.719. The van der Waals surface area contributed by atoms with Gasteiger partial charge in [-0.05, 0) is 38.1 Å². The summed E-state index contributed by atoms with van der Waals surface area (Å²) in [6.07, 6.45) is 3.97. The van der Waals surface area contributed by atoms with E-state index < -0.39 is 0 Å². The van der Waals surface area contributed by atoms with Crippen LogP contribution in [0.2, 0.25) is 0 Å². The summed E-state index contributed by atoms with van der Waals surface area (Å²) in [7, 11) is 0. The van der Waals surface area contributed by atoms with Crippen LogP contribution >= 0.6 is 0 Å². The van der Waals surface area contributed by atoms with Gasteiger partial charge in [-0.3, -0.25) is 4.90 Å². The summed E-state index contributed by atoms with van der Waals surface area (Å²) < 4.78 is 5.68. The molecule has 0 radical (unpaired) electrons. The molecule has 1 saturated heterocycles. The van der Waals surface area contributed by atoms with Crippen molar-refractivity contribution in [2.75, 3.05) is 19.6 Å². The molecule has 0 unspecified atom stereocenters. The Kier molecular flexibility index (Phi) is 4.00. The van der Waals surface area contributed by atoms with E-state index in [1.807, 2.05) is 30.3 Å². The largest absolute Gasteiger partial charge is 0.461 e. The van der Waals surface area contributed by atoms with Crippen LogP contribution in [-0.4, -0.2) is 24.5 Å². The Labute approximate surface area is 97.5 Å². The van der Waals surface area contributed by atoms with Crippen molar-refractivity contribution in [2.45, 2.75) is 19.3 Å². The maximum Gasteiger partial charge on any atom is 0.126 e.